The molecule has 0 unspecified atom stereocenters. The topological polar surface area (TPSA) is 69.6 Å². The van der Waals surface area contributed by atoms with Gasteiger partial charge in [-0.25, -0.2) is 0 Å². The molecule has 1 aliphatic heterocycles. The van der Waals surface area contributed by atoms with Gasteiger partial charge in [-0.1, -0.05) is 18.2 Å². The van der Waals surface area contributed by atoms with Crippen molar-refractivity contribution < 1.29 is 14.0 Å². The van der Waals surface area contributed by atoms with Gasteiger partial charge in [0.1, 0.15) is 11.5 Å². The van der Waals surface area contributed by atoms with Gasteiger partial charge in [0.2, 0.25) is 5.91 Å². The van der Waals surface area contributed by atoms with E-state index in [0.29, 0.717) is 54.2 Å². The zero-order chi connectivity index (χ0) is 19.8. The molecule has 0 spiro atoms. The van der Waals surface area contributed by atoms with Crippen LogP contribution in [-0.4, -0.2) is 52.8 Å². The largest absolute Gasteiger partial charge is 0.465 e. The Kier molecular flexibility index (Phi) is 5.02. The van der Waals surface area contributed by atoms with Crippen LogP contribution in [0.1, 0.15) is 27.4 Å². The molecule has 1 aliphatic rings. The molecule has 2 amide bonds. The van der Waals surface area contributed by atoms with Gasteiger partial charge in [-0.2, -0.15) is 0 Å². The van der Waals surface area contributed by atoms with Crippen LogP contribution in [0.2, 0.25) is 0 Å². The third kappa shape index (κ3) is 3.35. The Morgan fingerprint density at radius 3 is 2.43 bits per heavy atom. The second-order valence-electron chi connectivity index (χ2n) is 7.11. The molecule has 7 heteroatoms. The van der Waals surface area contributed by atoms with E-state index >= 15 is 0 Å². The molecule has 146 valence electrons. The summed E-state index contributed by atoms with van der Waals surface area (Å²) in [7, 11) is 0. The number of nitrogens with one attached hydrogen (secondary N) is 1. The van der Waals surface area contributed by atoms with Crippen LogP contribution in [0.4, 0.5) is 0 Å². The van der Waals surface area contributed by atoms with Gasteiger partial charge in [-0.15, -0.1) is 0 Å². The van der Waals surface area contributed by atoms with E-state index in [1.165, 1.54) is 0 Å². The number of H-pyrrole nitrogens is 1. The van der Waals surface area contributed by atoms with E-state index in [0.717, 1.165) is 16.5 Å². The predicted octanol–water partition coefficient (Wildman–Crippen LogP) is 3.67. The van der Waals surface area contributed by atoms with Gasteiger partial charge in [0.05, 0.1) is 16.5 Å². The number of halogens is 1. The van der Waals surface area contributed by atoms with Crippen molar-refractivity contribution in [2.24, 2.45) is 0 Å². The number of benzene rings is 1. The number of furan rings is 1. The second-order valence-corrected chi connectivity index (χ2v) is 7.91. The Balaban J connectivity index is 1.40. The maximum atomic E-state index is 12.9. The lowest BCUT2D eigenvalue weighted by molar-refractivity contribution is -0.131. The zero-order valence-corrected chi connectivity index (χ0v) is 17.5. The lowest BCUT2D eigenvalue weighted by Crippen LogP contribution is -2.51. The number of carbonyl (C=O) groups excluding carboxylic acids is 2. The Morgan fingerprint density at radius 2 is 1.75 bits per heavy atom. The number of aromatic nitrogens is 1. The molecule has 4 rings (SSSR count). The van der Waals surface area contributed by atoms with Crippen LogP contribution < -0.4 is 0 Å². The van der Waals surface area contributed by atoms with E-state index in [1.54, 1.807) is 11.8 Å². The number of para-hydroxylation sites is 1. The molecule has 0 aliphatic carbocycles. The maximum Gasteiger partial charge on any atom is 0.258 e. The number of aryl methyl sites for hydroxylation is 2. The highest BCUT2D eigenvalue weighted by atomic mass is 79.9. The van der Waals surface area contributed by atoms with E-state index in [1.807, 2.05) is 42.3 Å². The van der Waals surface area contributed by atoms with Crippen LogP contribution in [0.25, 0.3) is 10.9 Å². The third-order valence-electron chi connectivity index (χ3n) is 5.34. The number of rotatable bonds is 3. The van der Waals surface area contributed by atoms with Crippen LogP contribution in [0.3, 0.4) is 0 Å². The van der Waals surface area contributed by atoms with Gasteiger partial charge in [0, 0.05) is 43.3 Å². The summed E-state index contributed by atoms with van der Waals surface area (Å²) in [5.41, 5.74) is 2.63. The minimum absolute atomic E-state index is 0.0510. The summed E-state index contributed by atoms with van der Waals surface area (Å²) in [4.78, 5) is 32.5. The lowest BCUT2D eigenvalue weighted by Gasteiger charge is -2.34. The Hall–Kier alpha value is -2.54. The lowest BCUT2D eigenvalue weighted by atomic mass is 10.1. The number of hydrogen-bond acceptors (Lipinski definition) is 3. The monoisotopic (exact) mass is 443 g/mol. The minimum Gasteiger partial charge on any atom is -0.465 e. The highest BCUT2D eigenvalue weighted by Gasteiger charge is 2.29. The van der Waals surface area contributed by atoms with Crippen molar-refractivity contribution in [1.29, 1.82) is 0 Å². The van der Waals surface area contributed by atoms with Gasteiger partial charge >= 0.3 is 0 Å². The standard InChI is InChI=1S/C21H22BrN3O3/c1-13-19(20(22)14(2)28-13)21(27)25-9-7-24(8-10-25)18(26)11-15-12-23-17-6-4-3-5-16(15)17/h3-6,12,23H,7-11H2,1-2H3. The molecule has 1 fully saturated rings. The summed E-state index contributed by atoms with van der Waals surface area (Å²) in [6, 6.07) is 7.98. The van der Waals surface area contributed by atoms with Crippen molar-refractivity contribution in [1.82, 2.24) is 14.8 Å². The summed E-state index contributed by atoms with van der Waals surface area (Å²) in [6.45, 7) is 5.76. The van der Waals surface area contributed by atoms with E-state index < -0.39 is 0 Å². The number of aromatic amines is 1. The van der Waals surface area contributed by atoms with Crippen LogP contribution in [0, 0.1) is 13.8 Å². The second kappa shape index (κ2) is 7.47. The number of piperazine rings is 1. The zero-order valence-electron chi connectivity index (χ0n) is 15.9. The summed E-state index contributed by atoms with van der Waals surface area (Å²) < 4.78 is 6.26. The van der Waals surface area contributed by atoms with Gasteiger partial charge < -0.3 is 19.2 Å². The third-order valence-corrected chi connectivity index (χ3v) is 6.29. The highest BCUT2D eigenvalue weighted by Crippen LogP contribution is 2.29. The Morgan fingerprint density at radius 1 is 1.07 bits per heavy atom. The first kappa shape index (κ1) is 18.8. The van der Waals surface area contributed by atoms with E-state index in [4.69, 9.17) is 4.42 Å². The number of nitrogens with zero attached hydrogens (tertiary/aromatic N) is 2. The van der Waals surface area contributed by atoms with Crippen molar-refractivity contribution in [3.05, 3.63) is 57.6 Å². The molecule has 0 saturated carbocycles. The fraction of sp³-hybridized carbons (Fsp3) is 0.333. The first-order valence-electron chi connectivity index (χ1n) is 9.33. The number of carbonyl (C=O) groups is 2. The summed E-state index contributed by atoms with van der Waals surface area (Å²) >= 11 is 3.45. The molecule has 1 aromatic carbocycles. The van der Waals surface area contributed by atoms with E-state index in [2.05, 4.69) is 20.9 Å². The molecule has 0 atom stereocenters. The van der Waals surface area contributed by atoms with E-state index in [9.17, 15) is 9.59 Å². The molecule has 1 saturated heterocycles. The predicted molar refractivity (Wildman–Crippen MR) is 110 cm³/mol. The number of hydrogen-bond donors (Lipinski definition) is 1. The van der Waals surface area contributed by atoms with Crippen molar-refractivity contribution >= 4 is 38.6 Å². The first-order chi connectivity index (χ1) is 13.5. The number of fused-ring (bicyclic) bond motifs is 1. The summed E-state index contributed by atoms with van der Waals surface area (Å²) in [5, 5.41) is 1.08. The normalized spacial score (nSPS) is 14.7. The van der Waals surface area contributed by atoms with Crippen LogP contribution in [-0.2, 0) is 11.2 Å². The molecule has 0 radical (unpaired) electrons. The molecule has 28 heavy (non-hydrogen) atoms. The molecule has 2 aromatic heterocycles. The van der Waals surface area contributed by atoms with Crippen molar-refractivity contribution in [2.45, 2.75) is 20.3 Å². The van der Waals surface area contributed by atoms with E-state index in [-0.39, 0.29) is 11.8 Å². The molecule has 3 heterocycles. The average molecular weight is 444 g/mol. The quantitative estimate of drug-likeness (QED) is 0.671. The average Bonchev–Trinajstić information content (AvgIpc) is 3.21. The maximum absolute atomic E-state index is 12.9. The van der Waals surface area contributed by atoms with Crippen molar-refractivity contribution in [3.8, 4) is 0 Å². The van der Waals surface area contributed by atoms with Gasteiger partial charge in [0.15, 0.2) is 0 Å². The first-order valence-corrected chi connectivity index (χ1v) is 10.1. The van der Waals surface area contributed by atoms with Gasteiger partial charge in [-0.05, 0) is 41.4 Å². The molecular formula is C21H22BrN3O3. The van der Waals surface area contributed by atoms with Gasteiger partial charge in [0.25, 0.3) is 5.91 Å². The molecular weight excluding hydrogens is 422 g/mol. The smallest absolute Gasteiger partial charge is 0.258 e. The Bertz CT molecular complexity index is 1040. The SMILES string of the molecule is Cc1oc(C)c(C(=O)N2CCN(C(=O)Cc3c[nH]c4ccccc34)CC2)c1Br. The van der Waals surface area contributed by atoms with Crippen molar-refractivity contribution in [3.63, 3.8) is 0 Å². The molecule has 0 bridgehead atoms. The fourth-order valence-electron chi connectivity index (χ4n) is 3.77. The Labute approximate surface area is 171 Å². The van der Waals surface area contributed by atoms with Crippen LogP contribution in [0.15, 0.2) is 39.4 Å². The van der Waals surface area contributed by atoms with Crippen molar-refractivity contribution in [2.75, 3.05) is 26.2 Å². The molecule has 1 N–H and O–H groups in total. The molecule has 3 aromatic rings. The van der Waals surface area contributed by atoms with Gasteiger partial charge in [-0.3, -0.25) is 9.59 Å². The summed E-state index contributed by atoms with van der Waals surface area (Å²) in [6.07, 6.45) is 2.27. The molecule has 6 nitrogen and oxygen atoms in total. The summed E-state index contributed by atoms with van der Waals surface area (Å²) in [5.74, 6) is 1.36. The fourth-order valence-corrected chi connectivity index (χ4v) is 4.30. The number of amides is 2. The highest BCUT2D eigenvalue weighted by molar-refractivity contribution is 9.10. The van der Waals surface area contributed by atoms with Crippen LogP contribution in [0.5, 0.6) is 0 Å². The van der Waals surface area contributed by atoms with Crippen LogP contribution >= 0.6 is 15.9 Å². The minimum atomic E-state index is -0.0510.